The monoisotopic (exact) mass is 766 g/mol. The molecule has 3 N–H and O–H groups in total. The lowest BCUT2D eigenvalue weighted by molar-refractivity contribution is -0.870. The van der Waals surface area contributed by atoms with Crippen LogP contribution in [0.3, 0.4) is 0 Å². The summed E-state index contributed by atoms with van der Waals surface area (Å²) in [5.74, 6) is 0.109. The van der Waals surface area contributed by atoms with E-state index in [-0.39, 0.29) is 34.8 Å². The molecule has 0 saturated heterocycles. The van der Waals surface area contributed by atoms with Crippen LogP contribution in [-0.4, -0.2) is 93.7 Å². The molecule has 284 valence electrons. The fourth-order valence-corrected chi connectivity index (χ4v) is 10.5. The van der Waals surface area contributed by atoms with E-state index in [1.807, 2.05) is 12.1 Å². The van der Waals surface area contributed by atoms with Crippen LogP contribution in [0.15, 0.2) is 65.6 Å². The molecule has 0 radical (unpaired) electrons. The van der Waals surface area contributed by atoms with Crippen LogP contribution in [0, 0.1) is 23.7 Å². The Morgan fingerprint density at radius 1 is 0.906 bits per heavy atom. The third-order valence-corrected chi connectivity index (χ3v) is 12.9. The van der Waals surface area contributed by atoms with Gasteiger partial charge in [-0.3, -0.25) is 4.79 Å². The van der Waals surface area contributed by atoms with Crippen molar-refractivity contribution in [3.63, 3.8) is 0 Å². The van der Waals surface area contributed by atoms with E-state index in [1.165, 1.54) is 14.2 Å². The Morgan fingerprint density at radius 2 is 1.51 bits per heavy atom. The van der Waals surface area contributed by atoms with Crippen LogP contribution >= 0.6 is 12.4 Å². The number of aliphatic carboxylic acids is 1. The molecule has 14 heteroatoms. The standard InChI is InChI=1S/C39H47N5O7S.ClH/c1-44(2,3)17-9-16-40-52(48,49)35-15-14-31(28-10-6-7-11-29(28)35)43-32(36-33(50-4)12-8-13-34(36)51-5)23-30(42-43)37(45)41-39(38(46)47)26-19-24-18-25(21-26)22-27(39)20-24;/h6-8,10-15,23-27,40H,9,16-22H2,1-5H3,(H-,41,45,46,47);1H/p+1. The highest BCUT2D eigenvalue weighted by molar-refractivity contribution is 7.89. The Balaban J connectivity index is 0.00000481. The summed E-state index contributed by atoms with van der Waals surface area (Å²) < 4.78 is 44.0. The van der Waals surface area contributed by atoms with Gasteiger partial charge in [-0.1, -0.05) is 30.3 Å². The van der Waals surface area contributed by atoms with E-state index in [4.69, 9.17) is 14.6 Å². The number of methoxy groups -OCH3 is 2. The van der Waals surface area contributed by atoms with E-state index in [0.717, 1.165) is 43.1 Å². The third-order valence-electron chi connectivity index (χ3n) is 11.4. The predicted molar refractivity (Wildman–Crippen MR) is 204 cm³/mol. The molecular formula is C39H49ClN5O7S+. The number of nitrogens with one attached hydrogen (secondary N) is 2. The van der Waals surface area contributed by atoms with Gasteiger partial charge in [-0.2, -0.15) is 5.10 Å². The summed E-state index contributed by atoms with van der Waals surface area (Å²) in [6.45, 7) is 1.10. The number of carboxylic acids is 1. The SMILES string of the molecule is COc1cccc(OC)c1-c1cc(C(=O)NC2(C(=O)O)C3CC4CC(C3)CC2C4)nn1-c1ccc(S(=O)(=O)NCCC[N+](C)(C)C)c2ccccc12.Cl. The van der Waals surface area contributed by atoms with Crippen LogP contribution in [0.2, 0.25) is 0 Å². The lowest BCUT2D eigenvalue weighted by atomic mass is 9.48. The number of sulfonamides is 1. The van der Waals surface area contributed by atoms with Gasteiger partial charge in [-0.15, -0.1) is 12.4 Å². The average Bonchev–Trinajstić information content (AvgIpc) is 3.55. The molecule has 4 saturated carbocycles. The minimum atomic E-state index is -3.88. The number of hydrogen-bond donors (Lipinski definition) is 3. The molecule has 0 atom stereocenters. The number of amides is 1. The second-order valence-electron chi connectivity index (χ2n) is 15.7. The molecular weight excluding hydrogens is 718 g/mol. The molecule has 1 aromatic heterocycles. The molecule has 3 aromatic carbocycles. The van der Waals surface area contributed by atoms with Crippen molar-refractivity contribution < 1.29 is 37.1 Å². The highest BCUT2D eigenvalue weighted by Gasteiger charge is 2.62. The van der Waals surface area contributed by atoms with Crippen molar-refractivity contribution in [2.45, 2.75) is 49.0 Å². The first-order valence-electron chi connectivity index (χ1n) is 17.9. The predicted octanol–water partition coefficient (Wildman–Crippen LogP) is 5.52. The number of carbonyl (C=O) groups excluding carboxylic acids is 1. The highest BCUT2D eigenvalue weighted by Crippen LogP contribution is 2.58. The van der Waals surface area contributed by atoms with Gasteiger partial charge in [0.2, 0.25) is 10.0 Å². The second-order valence-corrected chi connectivity index (χ2v) is 17.4. The Labute approximate surface area is 316 Å². The van der Waals surface area contributed by atoms with E-state index >= 15 is 0 Å². The third kappa shape index (κ3) is 7.00. The van der Waals surface area contributed by atoms with Gasteiger partial charge in [0, 0.05) is 23.7 Å². The number of hydrogen-bond acceptors (Lipinski definition) is 7. The van der Waals surface area contributed by atoms with Gasteiger partial charge >= 0.3 is 5.97 Å². The molecule has 4 bridgehead atoms. The van der Waals surface area contributed by atoms with Crippen LogP contribution in [0.4, 0.5) is 0 Å². The second kappa shape index (κ2) is 14.6. The molecule has 0 unspecified atom stereocenters. The number of rotatable bonds is 13. The number of carboxylic acid groups (broad SMARTS) is 1. The first-order chi connectivity index (χ1) is 24.8. The Kier molecular flexibility index (Phi) is 10.6. The summed E-state index contributed by atoms with van der Waals surface area (Å²) in [4.78, 5) is 27.6. The zero-order valence-electron chi connectivity index (χ0n) is 30.8. The van der Waals surface area contributed by atoms with Crippen LogP contribution in [0.1, 0.15) is 49.0 Å². The molecule has 0 spiro atoms. The largest absolute Gasteiger partial charge is 0.496 e. The summed E-state index contributed by atoms with van der Waals surface area (Å²) in [6.07, 6.45) is 5.00. The molecule has 1 amide bonds. The van der Waals surface area contributed by atoms with E-state index in [0.29, 0.717) is 64.0 Å². The van der Waals surface area contributed by atoms with Gasteiger partial charge in [0.25, 0.3) is 5.91 Å². The minimum absolute atomic E-state index is 0. The van der Waals surface area contributed by atoms with Gasteiger partial charge in [0.15, 0.2) is 5.69 Å². The number of carbonyl (C=O) groups is 2. The molecule has 4 aliphatic carbocycles. The quantitative estimate of drug-likeness (QED) is 0.119. The van der Waals surface area contributed by atoms with Crippen molar-refractivity contribution in [1.82, 2.24) is 19.8 Å². The van der Waals surface area contributed by atoms with Crippen molar-refractivity contribution >= 4 is 45.1 Å². The number of quaternary nitrogens is 1. The fourth-order valence-electron chi connectivity index (χ4n) is 9.26. The Hall–Kier alpha value is -4.17. The van der Waals surface area contributed by atoms with Gasteiger partial charge in [0.05, 0.1) is 63.7 Å². The summed E-state index contributed by atoms with van der Waals surface area (Å²) in [6, 6.07) is 17.4. The number of benzene rings is 3. The van der Waals surface area contributed by atoms with E-state index in [1.54, 1.807) is 53.2 Å². The Bertz CT molecular complexity index is 2090. The van der Waals surface area contributed by atoms with Crippen molar-refractivity contribution in [1.29, 1.82) is 0 Å². The average molecular weight is 767 g/mol. The smallest absolute Gasteiger partial charge is 0.330 e. The lowest BCUT2D eigenvalue weighted by Gasteiger charge is -2.59. The van der Waals surface area contributed by atoms with Crippen LogP contribution in [-0.2, 0) is 14.8 Å². The maximum Gasteiger partial charge on any atom is 0.330 e. The highest BCUT2D eigenvalue weighted by atomic mass is 35.5. The maximum absolute atomic E-state index is 14.3. The van der Waals surface area contributed by atoms with Gasteiger partial charge in [-0.05, 0) is 86.1 Å². The van der Waals surface area contributed by atoms with Gasteiger partial charge < -0.3 is 24.4 Å². The summed E-state index contributed by atoms with van der Waals surface area (Å²) in [5.41, 5.74) is 0.161. The molecule has 8 rings (SSSR count). The van der Waals surface area contributed by atoms with E-state index in [2.05, 4.69) is 31.2 Å². The minimum Gasteiger partial charge on any atom is -0.496 e. The van der Waals surface area contributed by atoms with Gasteiger partial charge in [-0.25, -0.2) is 22.6 Å². The zero-order chi connectivity index (χ0) is 37.0. The number of nitrogens with zero attached hydrogens (tertiary/aromatic N) is 3. The molecule has 4 fully saturated rings. The molecule has 4 aliphatic rings. The topological polar surface area (TPSA) is 149 Å². The summed E-state index contributed by atoms with van der Waals surface area (Å²) in [7, 11) is 5.39. The Morgan fingerprint density at radius 3 is 2.08 bits per heavy atom. The van der Waals surface area contributed by atoms with Crippen molar-refractivity contribution in [2.75, 3.05) is 48.5 Å². The number of halogens is 1. The molecule has 0 aliphatic heterocycles. The lowest BCUT2D eigenvalue weighted by Crippen LogP contribution is -2.70. The van der Waals surface area contributed by atoms with Crippen LogP contribution in [0.5, 0.6) is 11.5 Å². The maximum atomic E-state index is 14.3. The zero-order valence-corrected chi connectivity index (χ0v) is 32.4. The fraction of sp³-hybridized carbons (Fsp3) is 0.462. The van der Waals surface area contributed by atoms with Crippen molar-refractivity contribution in [3.05, 3.63) is 66.4 Å². The molecule has 12 nitrogen and oxygen atoms in total. The molecule has 53 heavy (non-hydrogen) atoms. The van der Waals surface area contributed by atoms with Gasteiger partial charge in [0.1, 0.15) is 17.0 Å². The van der Waals surface area contributed by atoms with Crippen molar-refractivity contribution in [3.8, 4) is 28.4 Å². The van der Waals surface area contributed by atoms with Crippen LogP contribution < -0.4 is 19.5 Å². The molecule has 4 aromatic rings. The van der Waals surface area contributed by atoms with Crippen LogP contribution in [0.25, 0.3) is 27.7 Å². The number of aromatic nitrogens is 2. The number of ether oxygens (including phenoxy) is 2. The summed E-state index contributed by atoms with van der Waals surface area (Å²) in [5, 5.41) is 19.7. The molecule has 1 heterocycles. The van der Waals surface area contributed by atoms with E-state index in [9.17, 15) is 23.1 Å². The first kappa shape index (κ1) is 38.6. The normalized spacial score (nSPS) is 23.4. The number of fused-ring (bicyclic) bond motifs is 1. The van der Waals surface area contributed by atoms with Crippen molar-refractivity contribution in [2.24, 2.45) is 23.7 Å². The summed E-state index contributed by atoms with van der Waals surface area (Å²) >= 11 is 0. The van der Waals surface area contributed by atoms with E-state index < -0.39 is 27.4 Å². The first-order valence-corrected chi connectivity index (χ1v) is 19.4.